The molecule has 9 nitrogen and oxygen atoms in total. The minimum atomic E-state index is -3.49. The molecule has 1 saturated heterocycles. The van der Waals surface area contributed by atoms with Gasteiger partial charge in [0.25, 0.3) is 0 Å². The number of nitrogen functional groups attached to an aromatic ring is 2. The van der Waals surface area contributed by atoms with E-state index in [2.05, 4.69) is 9.97 Å². The predicted octanol–water partition coefficient (Wildman–Crippen LogP) is 0.833. The van der Waals surface area contributed by atoms with Gasteiger partial charge in [-0.05, 0) is 24.3 Å². The first-order valence-electron chi connectivity index (χ1n) is 8.29. The summed E-state index contributed by atoms with van der Waals surface area (Å²) in [6.07, 6.45) is 0. The summed E-state index contributed by atoms with van der Waals surface area (Å²) in [6.45, 7) is 1.97. The van der Waals surface area contributed by atoms with Crippen LogP contribution in [0.25, 0.3) is 0 Å². The van der Waals surface area contributed by atoms with E-state index in [1.54, 1.807) is 24.3 Å². The maximum absolute atomic E-state index is 12.6. The summed E-state index contributed by atoms with van der Waals surface area (Å²) < 4.78 is 37.4. The molecular weight excluding hydrogens is 390 g/mol. The Bertz CT molecular complexity index is 851. The lowest BCUT2D eigenvalue weighted by molar-refractivity contribution is 0.0730. The molecule has 3 rings (SSSR count). The van der Waals surface area contributed by atoms with Crippen molar-refractivity contribution in [2.24, 2.45) is 0 Å². The fraction of sp³-hybridized carbons (Fsp3) is 0.375. The van der Waals surface area contributed by atoms with Gasteiger partial charge in [-0.1, -0.05) is 11.8 Å². The smallest absolute Gasteiger partial charge is 0.243 e. The molecule has 0 atom stereocenters. The van der Waals surface area contributed by atoms with Crippen LogP contribution in [-0.2, 0) is 14.8 Å². The number of hydrogen-bond donors (Lipinski definition) is 2. The topological polar surface area (TPSA) is 134 Å². The van der Waals surface area contributed by atoms with Gasteiger partial charge in [-0.2, -0.15) is 4.31 Å². The van der Waals surface area contributed by atoms with Gasteiger partial charge in [-0.3, -0.25) is 0 Å². The van der Waals surface area contributed by atoms with Gasteiger partial charge in [0, 0.05) is 24.9 Å². The van der Waals surface area contributed by atoms with E-state index in [9.17, 15) is 8.42 Å². The Balaban J connectivity index is 1.51. The fourth-order valence-corrected chi connectivity index (χ4v) is 4.56. The number of ether oxygens (including phenoxy) is 2. The minimum Gasteiger partial charge on any atom is -0.493 e. The summed E-state index contributed by atoms with van der Waals surface area (Å²) in [6, 6.07) is 7.89. The molecule has 146 valence electrons. The normalized spacial score (nSPS) is 15.6. The summed E-state index contributed by atoms with van der Waals surface area (Å²) >= 11 is 1.37. The van der Waals surface area contributed by atoms with E-state index < -0.39 is 10.0 Å². The number of thioether (sulfide) groups is 1. The number of anilines is 2. The molecule has 0 saturated carbocycles. The van der Waals surface area contributed by atoms with Gasteiger partial charge in [-0.15, -0.1) is 0 Å². The van der Waals surface area contributed by atoms with Gasteiger partial charge in [0.15, 0.2) is 5.16 Å². The molecule has 2 aromatic rings. The van der Waals surface area contributed by atoms with E-state index in [-0.39, 0.29) is 4.90 Å². The van der Waals surface area contributed by atoms with Crippen molar-refractivity contribution in [3.8, 4) is 5.75 Å². The van der Waals surface area contributed by atoms with Crippen molar-refractivity contribution in [2.75, 3.05) is 50.1 Å². The van der Waals surface area contributed by atoms with Crippen molar-refractivity contribution in [2.45, 2.75) is 10.1 Å². The second kappa shape index (κ2) is 8.74. The van der Waals surface area contributed by atoms with Crippen molar-refractivity contribution < 1.29 is 17.9 Å². The van der Waals surface area contributed by atoms with Crippen molar-refractivity contribution >= 4 is 33.4 Å². The molecule has 0 spiro atoms. The molecule has 0 bridgehead atoms. The lowest BCUT2D eigenvalue weighted by Gasteiger charge is -2.26. The third-order valence-corrected chi connectivity index (χ3v) is 6.48. The average molecular weight is 412 g/mol. The highest BCUT2D eigenvalue weighted by atomic mass is 32.2. The van der Waals surface area contributed by atoms with Crippen LogP contribution in [0.5, 0.6) is 5.75 Å². The van der Waals surface area contributed by atoms with Gasteiger partial charge in [0.1, 0.15) is 17.4 Å². The van der Waals surface area contributed by atoms with Gasteiger partial charge in [0.05, 0.1) is 24.7 Å². The molecule has 1 fully saturated rings. The van der Waals surface area contributed by atoms with Gasteiger partial charge < -0.3 is 20.9 Å². The van der Waals surface area contributed by atoms with E-state index in [1.165, 1.54) is 22.1 Å². The number of nitrogens with zero attached hydrogens (tertiary/aromatic N) is 3. The van der Waals surface area contributed by atoms with E-state index in [0.717, 1.165) is 0 Å². The molecule has 1 aromatic heterocycles. The van der Waals surface area contributed by atoms with E-state index >= 15 is 0 Å². The van der Waals surface area contributed by atoms with Crippen LogP contribution in [0.3, 0.4) is 0 Å². The quantitative estimate of drug-likeness (QED) is 0.386. The van der Waals surface area contributed by atoms with Crippen LogP contribution in [-0.4, -0.2) is 61.4 Å². The zero-order chi connectivity index (χ0) is 19.3. The summed E-state index contributed by atoms with van der Waals surface area (Å²) in [5.41, 5.74) is 11.2. The first kappa shape index (κ1) is 19.7. The number of morpholine rings is 1. The van der Waals surface area contributed by atoms with Crippen LogP contribution < -0.4 is 16.2 Å². The molecule has 2 heterocycles. The van der Waals surface area contributed by atoms with Crippen LogP contribution in [0.2, 0.25) is 0 Å². The molecule has 27 heavy (non-hydrogen) atoms. The molecule has 11 heteroatoms. The van der Waals surface area contributed by atoms with E-state index in [1.807, 2.05) is 0 Å². The number of sulfonamides is 1. The van der Waals surface area contributed by atoms with Gasteiger partial charge in [0.2, 0.25) is 10.0 Å². The van der Waals surface area contributed by atoms with Gasteiger partial charge in [-0.25, -0.2) is 18.4 Å². The average Bonchev–Trinajstić information content (AvgIpc) is 2.66. The third-order valence-electron chi connectivity index (χ3n) is 3.76. The molecule has 1 aliphatic heterocycles. The lowest BCUT2D eigenvalue weighted by Crippen LogP contribution is -2.40. The Morgan fingerprint density at radius 1 is 1.11 bits per heavy atom. The highest BCUT2D eigenvalue weighted by Crippen LogP contribution is 2.21. The monoisotopic (exact) mass is 411 g/mol. The standard InChI is InChI=1S/C16H21N5O4S2/c17-14-11-15(18)20-16(19-14)26-10-9-25-12-1-3-13(4-2-12)27(22,23)21-5-7-24-8-6-21/h1-4,11H,5-10H2,(H4,17,18,19,20). The highest BCUT2D eigenvalue weighted by Gasteiger charge is 2.26. The van der Waals surface area contributed by atoms with Crippen molar-refractivity contribution in [1.29, 1.82) is 0 Å². The molecule has 0 radical (unpaired) electrons. The zero-order valence-electron chi connectivity index (χ0n) is 14.6. The van der Waals surface area contributed by atoms with E-state index in [4.69, 9.17) is 20.9 Å². The maximum Gasteiger partial charge on any atom is 0.243 e. The fourth-order valence-electron chi connectivity index (χ4n) is 2.46. The molecular formula is C16H21N5O4S2. The van der Waals surface area contributed by atoms with Crippen LogP contribution in [0.1, 0.15) is 0 Å². The van der Waals surface area contributed by atoms with Crippen LogP contribution in [0.4, 0.5) is 11.6 Å². The number of nitrogens with two attached hydrogens (primary N) is 2. The zero-order valence-corrected chi connectivity index (χ0v) is 16.2. The van der Waals surface area contributed by atoms with Crippen molar-refractivity contribution in [3.05, 3.63) is 30.3 Å². The Kier molecular flexibility index (Phi) is 6.37. The molecule has 0 aliphatic carbocycles. The summed E-state index contributed by atoms with van der Waals surface area (Å²) in [4.78, 5) is 8.40. The Morgan fingerprint density at radius 3 is 2.37 bits per heavy atom. The Morgan fingerprint density at radius 2 is 1.74 bits per heavy atom. The summed E-state index contributed by atoms with van der Waals surface area (Å²) in [5.74, 6) is 1.83. The molecule has 0 amide bonds. The second-order valence-corrected chi connectivity index (χ2v) is 8.69. The Hall–Kier alpha value is -2.08. The number of rotatable bonds is 7. The summed E-state index contributed by atoms with van der Waals surface area (Å²) in [5, 5.41) is 0.489. The molecule has 1 aromatic carbocycles. The SMILES string of the molecule is Nc1cc(N)nc(SCCOc2ccc(S(=O)(=O)N3CCOCC3)cc2)n1. The van der Waals surface area contributed by atoms with E-state index in [0.29, 0.717) is 61.2 Å². The van der Waals surface area contributed by atoms with Crippen LogP contribution in [0.15, 0.2) is 40.4 Å². The van der Waals surface area contributed by atoms with Crippen LogP contribution in [0, 0.1) is 0 Å². The predicted molar refractivity (Wildman–Crippen MR) is 103 cm³/mol. The lowest BCUT2D eigenvalue weighted by atomic mass is 10.3. The second-order valence-electron chi connectivity index (χ2n) is 5.69. The number of aromatic nitrogens is 2. The Labute approximate surface area is 162 Å². The first-order chi connectivity index (χ1) is 12.9. The highest BCUT2D eigenvalue weighted by molar-refractivity contribution is 7.99. The van der Waals surface area contributed by atoms with Crippen molar-refractivity contribution in [3.63, 3.8) is 0 Å². The number of benzene rings is 1. The minimum absolute atomic E-state index is 0.245. The maximum atomic E-state index is 12.6. The van der Waals surface area contributed by atoms with Gasteiger partial charge >= 0.3 is 0 Å². The number of hydrogen-bond acceptors (Lipinski definition) is 9. The molecule has 1 aliphatic rings. The largest absolute Gasteiger partial charge is 0.493 e. The molecule has 0 unspecified atom stereocenters. The summed E-state index contributed by atoms with van der Waals surface area (Å²) in [7, 11) is -3.49. The molecule has 4 N–H and O–H groups in total. The third kappa shape index (κ3) is 5.22. The van der Waals surface area contributed by atoms with Crippen molar-refractivity contribution in [1.82, 2.24) is 14.3 Å². The first-order valence-corrected chi connectivity index (χ1v) is 10.7. The van der Waals surface area contributed by atoms with Crippen LogP contribution >= 0.6 is 11.8 Å².